The van der Waals surface area contributed by atoms with Crippen LogP contribution < -0.4 is 10.9 Å². The summed E-state index contributed by atoms with van der Waals surface area (Å²) < 4.78 is 1.81. The number of carbonyl (C=O) groups excluding carboxylic acids is 1. The Morgan fingerprint density at radius 2 is 2.00 bits per heavy atom. The molecule has 3 heterocycles. The number of hydrogen-bond donors (Lipinski definition) is 1. The zero-order chi connectivity index (χ0) is 19.0. The van der Waals surface area contributed by atoms with Crippen molar-refractivity contribution in [3.8, 4) is 0 Å². The average Bonchev–Trinajstić information content (AvgIpc) is 2.84. The molecular weight excluding hydrogens is 358 g/mol. The predicted molar refractivity (Wildman–Crippen MR) is 108 cm³/mol. The highest BCUT2D eigenvalue weighted by Crippen LogP contribution is 2.29. The van der Waals surface area contributed by atoms with E-state index < -0.39 is 0 Å². The third-order valence-electron chi connectivity index (χ3n) is 5.26. The van der Waals surface area contributed by atoms with Crippen molar-refractivity contribution in [3.05, 3.63) is 62.5 Å². The lowest BCUT2D eigenvalue weighted by atomic mass is 10.1. The zero-order valence-electron chi connectivity index (χ0n) is 15.6. The van der Waals surface area contributed by atoms with E-state index >= 15 is 0 Å². The second-order valence-electron chi connectivity index (χ2n) is 7.14. The van der Waals surface area contributed by atoms with E-state index in [0.29, 0.717) is 15.1 Å². The maximum atomic E-state index is 13.0. The van der Waals surface area contributed by atoms with Gasteiger partial charge in [0.2, 0.25) is 0 Å². The number of carbonyl (C=O) groups is 1. The van der Waals surface area contributed by atoms with Gasteiger partial charge in [0.15, 0.2) is 0 Å². The van der Waals surface area contributed by atoms with Crippen molar-refractivity contribution in [2.45, 2.75) is 52.1 Å². The van der Waals surface area contributed by atoms with Gasteiger partial charge in [0.1, 0.15) is 10.7 Å². The molecule has 0 aliphatic carbocycles. The Kier molecular flexibility index (Phi) is 4.83. The molecule has 1 aliphatic heterocycles. The van der Waals surface area contributed by atoms with Crippen LogP contribution in [-0.2, 0) is 13.0 Å². The van der Waals surface area contributed by atoms with Crippen molar-refractivity contribution in [3.63, 3.8) is 0 Å². The summed E-state index contributed by atoms with van der Waals surface area (Å²) in [6.07, 6.45) is 4.02. The summed E-state index contributed by atoms with van der Waals surface area (Å²) in [5.41, 5.74) is 1.79. The molecule has 1 aromatic carbocycles. The Bertz CT molecular complexity index is 1050. The Hall–Kier alpha value is -2.47. The molecule has 1 N–H and O–H groups in total. The highest BCUT2D eigenvalue weighted by atomic mass is 32.1. The van der Waals surface area contributed by atoms with Crippen LogP contribution in [0.25, 0.3) is 10.2 Å². The lowest BCUT2D eigenvalue weighted by Gasteiger charge is -2.13. The van der Waals surface area contributed by atoms with Crippen LogP contribution in [0.3, 0.4) is 0 Å². The molecule has 4 rings (SSSR count). The van der Waals surface area contributed by atoms with E-state index in [-0.39, 0.29) is 17.5 Å². The van der Waals surface area contributed by atoms with Gasteiger partial charge in [0.05, 0.1) is 16.3 Å². The lowest BCUT2D eigenvalue weighted by Crippen LogP contribution is -2.27. The van der Waals surface area contributed by atoms with Crippen molar-refractivity contribution in [2.75, 3.05) is 0 Å². The number of hydrogen-bond acceptors (Lipinski definition) is 4. The monoisotopic (exact) mass is 381 g/mol. The van der Waals surface area contributed by atoms with Crippen molar-refractivity contribution in [1.29, 1.82) is 0 Å². The topological polar surface area (TPSA) is 64.0 Å². The Morgan fingerprint density at radius 1 is 1.22 bits per heavy atom. The fourth-order valence-electron chi connectivity index (χ4n) is 3.71. The van der Waals surface area contributed by atoms with Crippen molar-refractivity contribution in [2.24, 2.45) is 0 Å². The minimum Gasteiger partial charge on any atom is -0.345 e. The summed E-state index contributed by atoms with van der Waals surface area (Å²) in [6.45, 7) is 4.54. The quantitative estimate of drug-likeness (QED) is 0.746. The zero-order valence-corrected chi connectivity index (χ0v) is 16.4. The van der Waals surface area contributed by atoms with Gasteiger partial charge < -0.3 is 5.32 Å². The van der Waals surface area contributed by atoms with E-state index in [9.17, 15) is 9.59 Å². The van der Waals surface area contributed by atoms with Crippen LogP contribution in [0.4, 0.5) is 0 Å². The van der Waals surface area contributed by atoms with Crippen LogP contribution in [0.15, 0.2) is 35.1 Å². The van der Waals surface area contributed by atoms with E-state index in [4.69, 9.17) is 4.98 Å². The largest absolute Gasteiger partial charge is 0.345 e. The molecule has 1 amide bonds. The number of nitrogens with zero attached hydrogens (tertiary/aromatic N) is 2. The number of aromatic nitrogens is 2. The van der Waals surface area contributed by atoms with E-state index in [0.717, 1.165) is 49.2 Å². The van der Waals surface area contributed by atoms with Crippen LogP contribution in [0.2, 0.25) is 0 Å². The molecule has 0 radical (unpaired) electrons. The second kappa shape index (κ2) is 7.27. The minimum absolute atomic E-state index is 0.000748. The number of rotatable bonds is 3. The van der Waals surface area contributed by atoms with Gasteiger partial charge in [-0.05, 0) is 37.8 Å². The minimum atomic E-state index is -0.147. The number of amides is 1. The summed E-state index contributed by atoms with van der Waals surface area (Å²) in [6, 6.07) is 9.76. The number of thiophene rings is 1. The van der Waals surface area contributed by atoms with E-state index in [1.54, 1.807) is 0 Å². The predicted octanol–water partition coefficient (Wildman–Crippen LogP) is 3.98. The number of benzene rings is 1. The molecule has 5 nitrogen and oxygen atoms in total. The number of aryl methyl sites for hydroxylation is 2. The molecule has 1 atom stereocenters. The van der Waals surface area contributed by atoms with Crippen molar-refractivity contribution >= 4 is 27.5 Å². The van der Waals surface area contributed by atoms with Crippen LogP contribution in [0, 0.1) is 6.92 Å². The van der Waals surface area contributed by atoms with Gasteiger partial charge in [0, 0.05) is 13.0 Å². The molecule has 27 heavy (non-hydrogen) atoms. The molecule has 1 aliphatic rings. The Balaban J connectivity index is 1.70. The smallest absolute Gasteiger partial charge is 0.262 e. The standard InChI is InChI=1S/C21H23N3O2S/c1-13-17-20(23-16-11-7-4-8-12-24(16)21(17)26)27-18(13)19(25)22-14(2)15-9-5-3-6-10-15/h3,5-6,9-10,14H,4,7-8,11-12H2,1-2H3,(H,22,25)/t14-/m1/s1. The maximum Gasteiger partial charge on any atom is 0.262 e. The van der Waals surface area contributed by atoms with Crippen LogP contribution in [0.5, 0.6) is 0 Å². The Labute approximate surface area is 162 Å². The molecule has 140 valence electrons. The third-order valence-corrected chi connectivity index (χ3v) is 6.45. The highest BCUT2D eigenvalue weighted by Gasteiger charge is 2.23. The van der Waals surface area contributed by atoms with Crippen molar-refractivity contribution in [1.82, 2.24) is 14.9 Å². The van der Waals surface area contributed by atoms with E-state index in [2.05, 4.69) is 5.32 Å². The molecule has 0 bridgehead atoms. The van der Waals surface area contributed by atoms with Gasteiger partial charge in [-0.2, -0.15) is 0 Å². The van der Waals surface area contributed by atoms with E-state index in [1.807, 2.05) is 48.7 Å². The molecule has 6 heteroatoms. The van der Waals surface area contributed by atoms with Crippen molar-refractivity contribution < 1.29 is 4.79 Å². The molecule has 0 fully saturated rings. The summed E-state index contributed by atoms with van der Waals surface area (Å²) in [5.74, 6) is 0.710. The summed E-state index contributed by atoms with van der Waals surface area (Å²) in [4.78, 5) is 31.9. The van der Waals surface area contributed by atoms with Gasteiger partial charge in [0.25, 0.3) is 11.5 Å². The second-order valence-corrected chi connectivity index (χ2v) is 8.14. The molecule has 0 spiro atoms. The Morgan fingerprint density at radius 3 is 2.78 bits per heavy atom. The SMILES string of the molecule is Cc1c(C(=O)N[C@H](C)c2ccccc2)sc2nc3n(c(=O)c12)CCCCC3. The first kappa shape index (κ1) is 17.9. The van der Waals surface area contributed by atoms with E-state index in [1.165, 1.54) is 11.3 Å². The molecular formula is C21H23N3O2S. The molecule has 0 unspecified atom stereocenters. The highest BCUT2D eigenvalue weighted by molar-refractivity contribution is 7.20. The fraction of sp³-hybridized carbons (Fsp3) is 0.381. The lowest BCUT2D eigenvalue weighted by molar-refractivity contribution is 0.0943. The summed E-state index contributed by atoms with van der Waals surface area (Å²) in [7, 11) is 0. The van der Waals surface area contributed by atoms with Gasteiger partial charge in [-0.1, -0.05) is 36.8 Å². The van der Waals surface area contributed by atoms with Crippen LogP contribution >= 0.6 is 11.3 Å². The van der Waals surface area contributed by atoms with Crippen LogP contribution in [0.1, 0.15) is 58.9 Å². The van der Waals surface area contributed by atoms with Crippen LogP contribution in [-0.4, -0.2) is 15.5 Å². The molecule has 3 aromatic rings. The van der Waals surface area contributed by atoms with Gasteiger partial charge >= 0.3 is 0 Å². The van der Waals surface area contributed by atoms with Gasteiger partial charge in [-0.15, -0.1) is 11.3 Å². The molecule has 2 aromatic heterocycles. The fourth-order valence-corrected chi connectivity index (χ4v) is 4.81. The average molecular weight is 382 g/mol. The first-order valence-corrected chi connectivity index (χ1v) is 10.3. The first-order valence-electron chi connectivity index (χ1n) is 9.45. The molecule has 0 saturated heterocycles. The van der Waals surface area contributed by atoms with Gasteiger partial charge in [-0.25, -0.2) is 4.98 Å². The summed E-state index contributed by atoms with van der Waals surface area (Å²) >= 11 is 1.33. The normalized spacial score (nSPS) is 15.2. The van der Waals surface area contributed by atoms with Gasteiger partial charge in [-0.3, -0.25) is 14.2 Å². The summed E-state index contributed by atoms with van der Waals surface area (Å²) in [5, 5.41) is 3.65. The third kappa shape index (κ3) is 3.30. The number of nitrogens with one attached hydrogen (secondary N) is 1. The number of fused-ring (bicyclic) bond motifs is 2. The molecule has 0 saturated carbocycles. The maximum absolute atomic E-state index is 13.0. The first-order chi connectivity index (χ1) is 13.1.